The van der Waals surface area contributed by atoms with E-state index in [4.69, 9.17) is 4.74 Å². The van der Waals surface area contributed by atoms with Gasteiger partial charge in [-0.25, -0.2) is 8.78 Å². The zero-order chi connectivity index (χ0) is 15.6. The van der Waals surface area contributed by atoms with E-state index in [-0.39, 0.29) is 21.3 Å². The van der Waals surface area contributed by atoms with Crippen molar-refractivity contribution in [1.29, 1.82) is 0 Å². The van der Waals surface area contributed by atoms with E-state index in [1.165, 1.54) is 6.07 Å². The quantitative estimate of drug-likeness (QED) is 0.380. The summed E-state index contributed by atoms with van der Waals surface area (Å²) in [7, 11) is 0. The minimum atomic E-state index is -0.743. The maximum Gasteiger partial charge on any atom is 0.312 e. The lowest BCUT2D eigenvalue weighted by Crippen LogP contribution is -1.98. The van der Waals surface area contributed by atoms with Crippen LogP contribution in [0.4, 0.5) is 14.5 Å². The van der Waals surface area contributed by atoms with Crippen molar-refractivity contribution >= 4 is 37.5 Å². The summed E-state index contributed by atoms with van der Waals surface area (Å²) >= 11 is 6.03. The number of halogens is 4. The molecule has 0 saturated heterocycles. The molecule has 0 atom stereocenters. The van der Waals surface area contributed by atoms with Crippen LogP contribution < -0.4 is 4.74 Å². The zero-order valence-electron chi connectivity index (χ0n) is 10.3. The van der Waals surface area contributed by atoms with E-state index in [0.29, 0.717) is 5.56 Å². The van der Waals surface area contributed by atoms with Crippen LogP contribution in [0.2, 0.25) is 0 Å². The Morgan fingerprint density at radius 1 is 1.24 bits per heavy atom. The summed E-state index contributed by atoms with van der Waals surface area (Å²) in [6.07, 6.45) is 0. The second kappa shape index (κ2) is 6.48. The third-order valence-electron chi connectivity index (χ3n) is 2.60. The van der Waals surface area contributed by atoms with E-state index in [9.17, 15) is 18.9 Å². The van der Waals surface area contributed by atoms with Gasteiger partial charge in [0.25, 0.3) is 0 Å². The Hall–Kier alpha value is -1.54. The number of nitro groups is 1. The molecule has 21 heavy (non-hydrogen) atoms. The molecule has 0 radical (unpaired) electrons. The number of para-hydroxylation sites is 1. The van der Waals surface area contributed by atoms with Crippen molar-refractivity contribution in [2.24, 2.45) is 0 Å². The highest BCUT2D eigenvalue weighted by Gasteiger charge is 2.21. The van der Waals surface area contributed by atoms with Crippen molar-refractivity contribution < 1.29 is 18.4 Å². The van der Waals surface area contributed by atoms with Crippen LogP contribution in [0.15, 0.2) is 34.8 Å². The molecule has 0 unspecified atom stereocenters. The first kappa shape index (κ1) is 15.8. The lowest BCUT2D eigenvalue weighted by atomic mass is 10.2. The van der Waals surface area contributed by atoms with Crippen molar-refractivity contribution in [3.8, 4) is 11.5 Å². The molecule has 0 aliphatic heterocycles. The predicted molar refractivity (Wildman–Crippen MR) is 79.9 cm³/mol. The number of nitro benzene ring substituents is 1. The van der Waals surface area contributed by atoms with Crippen LogP contribution >= 0.6 is 31.9 Å². The minimum absolute atomic E-state index is 0.0733. The van der Waals surface area contributed by atoms with Crippen LogP contribution in [0.3, 0.4) is 0 Å². The fourth-order valence-electron chi connectivity index (χ4n) is 1.63. The molecule has 2 aromatic rings. The standard InChI is InChI=1S/C13H7Br2F2NO3/c14-6-7-2-1-3-9(16)13(7)21-12-5-10(17)8(15)4-11(12)18(19)20/h1-5H,6H2. The van der Waals surface area contributed by atoms with Crippen LogP contribution in [-0.4, -0.2) is 4.92 Å². The van der Waals surface area contributed by atoms with Crippen LogP contribution in [0.5, 0.6) is 11.5 Å². The highest BCUT2D eigenvalue weighted by Crippen LogP contribution is 2.37. The number of hydrogen-bond acceptors (Lipinski definition) is 3. The molecule has 8 heteroatoms. The average Bonchev–Trinajstić information content (AvgIpc) is 2.44. The van der Waals surface area contributed by atoms with Crippen molar-refractivity contribution in [3.05, 3.63) is 62.1 Å². The highest BCUT2D eigenvalue weighted by atomic mass is 79.9. The number of ether oxygens (including phenoxy) is 1. The van der Waals surface area contributed by atoms with Crippen molar-refractivity contribution in [2.75, 3.05) is 0 Å². The molecule has 2 rings (SSSR count). The van der Waals surface area contributed by atoms with Crippen molar-refractivity contribution in [3.63, 3.8) is 0 Å². The Morgan fingerprint density at radius 3 is 2.57 bits per heavy atom. The number of alkyl halides is 1. The second-order valence-electron chi connectivity index (χ2n) is 3.95. The Morgan fingerprint density at radius 2 is 1.95 bits per heavy atom. The molecule has 0 aliphatic rings. The van der Waals surface area contributed by atoms with Gasteiger partial charge in [-0.3, -0.25) is 10.1 Å². The summed E-state index contributed by atoms with van der Waals surface area (Å²) in [6.45, 7) is 0. The smallest absolute Gasteiger partial charge is 0.312 e. The molecule has 0 N–H and O–H groups in total. The highest BCUT2D eigenvalue weighted by molar-refractivity contribution is 9.10. The van der Waals surface area contributed by atoms with E-state index < -0.39 is 22.2 Å². The third-order valence-corrected chi connectivity index (χ3v) is 3.81. The Bertz CT molecular complexity index is 710. The van der Waals surface area contributed by atoms with Crippen LogP contribution in [0.1, 0.15) is 5.56 Å². The van der Waals surface area contributed by atoms with E-state index in [1.54, 1.807) is 6.07 Å². The van der Waals surface area contributed by atoms with Gasteiger partial charge in [0.15, 0.2) is 11.6 Å². The van der Waals surface area contributed by atoms with Gasteiger partial charge in [0.05, 0.1) is 9.40 Å². The molecule has 0 spiro atoms. The van der Waals surface area contributed by atoms with Gasteiger partial charge in [0, 0.05) is 23.0 Å². The van der Waals surface area contributed by atoms with Gasteiger partial charge < -0.3 is 4.74 Å². The van der Waals surface area contributed by atoms with E-state index >= 15 is 0 Å². The summed E-state index contributed by atoms with van der Waals surface area (Å²) in [4.78, 5) is 10.3. The maximum absolute atomic E-state index is 13.8. The lowest BCUT2D eigenvalue weighted by Gasteiger charge is -2.11. The van der Waals surface area contributed by atoms with Crippen LogP contribution in [0, 0.1) is 21.7 Å². The van der Waals surface area contributed by atoms with Gasteiger partial charge in [-0.2, -0.15) is 0 Å². The normalized spacial score (nSPS) is 10.5. The Kier molecular flexibility index (Phi) is 4.89. The maximum atomic E-state index is 13.8. The lowest BCUT2D eigenvalue weighted by molar-refractivity contribution is -0.385. The molecular weight excluding hydrogens is 416 g/mol. The SMILES string of the molecule is O=[N+]([O-])c1cc(Br)c(F)cc1Oc1c(F)cccc1CBr. The first-order valence-electron chi connectivity index (χ1n) is 5.58. The Labute approximate surface area is 135 Å². The molecule has 0 bridgehead atoms. The van der Waals surface area contributed by atoms with E-state index in [1.807, 2.05) is 0 Å². The topological polar surface area (TPSA) is 52.4 Å². The summed E-state index contributed by atoms with van der Waals surface area (Å²) in [6, 6.07) is 6.04. The fourth-order valence-corrected chi connectivity index (χ4v) is 2.40. The third kappa shape index (κ3) is 3.38. The molecule has 0 heterocycles. The van der Waals surface area contributed by atoms with Crippen molar-refractivity contribution in [2.45, 2.75) is 5.33 Å². The summed E-state index contributed by atoms with van der Waals surface area (Å²) < 4.78 is 32.6. The molecular formula is C13H7Br2F2NO3. The first-order valence-corrected chi connectivity index (χ1v) is 7.50. The number of hydrogen-bond donors (Lipinski definition) is 0. The van der Waals surface area contributed by atoms with Crippen LogP contribution in [0.25, 0.3) is 0 Å². The molecule has 2 aromatic carbocycles. The molecule has 0 aromatic heterocycles. The molecule has 0 aliphatic carbocycles. The summed E-state index contributed by atoms with van der Waals surface area (Å²) in [5, 5.41) is 11.3. The first-order chi connectivity index (χ1) is 9.93. The van der Waals surface area contributed by atoms with E-state index in [2.05, 4.69) is 31.9 Å². The van der Waals surface area contributed by atoms with E-state index in [0.717, 1.165) is 18.2 Å². The number of rotatable bonds is 4. The predicted octanol–water partition coefficient (Wildman–Crippen LogP) is 5.32. The van der Waals surface area contributed by atoms with Gasteiger partial charge in [-0.15, -0.1) is 0 Å². The second-order valence-corrected chi connectivity index (χ2v) is 5.37. The number of nitrogens with zero attached hydrogens (tertiary/aromatic N) is 1. The van der Waals surface area contributed by atoms with Gasteiger partial charge in [-0.1, -0.05) is 28.1 Å². The average molecular weight is 423 g/mol. The largest absolute Gasteiger partial charge is 0.447 e. The van der Waals surface area contributed by atoms with Crippen LogP contribution in [-0.2, 0) is 5.33 Å². The molecule has 0 amide bonds. The fraction of sp³-hybridized carbons (Fsp3) is 0.0769. The molecule has 0 saturated carbocycles. The monoisotopic (exact) mass is 421 g/mol. The molecule has 4 nitrogen and oxygen atoms in total. The summed E-state index contributed by atoms with van der Waals surface area (Å²) in [5.41, 5.74) is -0.0142. The van der Waals surface area contributed by atoms with Crippen molar-refractivity contribution in [1.82, 2.24) is 0 Å². The molecule has 0 fully saturated rings. The minimum Gasteiger partial charge on any atom is -0.447 e. The Balaban J connectivity index is 2.54. The zero-order valence-corrected chi connectivity index (χ0v) is 13.4. The summed E-state index contributed by atoms with van der Waals surface area (Å²) in [5.74, 6) is -1.98. The van der Waals surface area contributed by atoms with Gasteiger partial charge in [0.1, 0.15) is 5.82 Å². The van der Waals surface area contributed by atoms with Gasteiger partial charge >= 0.3 is 5.69 Å². The van der Waals surface area contributed by atoms with Gasteiger partial charge in [-0.05, 0) is 22.0 Å². The number of benzene rings is 2. The van der Waals surface area contributed by atoms with Gasteiger partial charge in [0.2, 0.25) is 5.75 Å². The molecule has 110 valence electrons.